The predicted molar refractivity (Wildman–Crippen MR) is 65.6 cm³/mol. The number of aryl methyl sites for hydroxylation is 1. The molecule has 1 N–H and O–H groups in total. The van der Waals surface area contributed by atoms with Crippen LogP contribution >= 0.6 is 15.9 Å². The second-order valence-corrected chi connectivity index (χ2v) is 4.45. The lowest BCUT2D eigenvalue weighted by molar-refractivity contribution is -0.137. The molecule has 0 atom stereocenters. The van der Waals surface area contributed by atoms with Crippen molar-refractivity contribution in [2.45, 2.75) is 12.8 Å². The fourth-order valence-corrected chi connectivity index (χ4v) is 1.64. The van der Waals surface area contributed by atoms with Gasteiger partial charge < -0.3 is 9.52 Å². The Morgan fingerprint density at radius 3 is 2.71 bits per heavy atom. The van der Waals surface area contributed by atoms with Gasteiger partial charge in [0.1, 0.15) is 5.76 Å². The molecule has 17 heavy (non-hydrogen) atoms. The molecule has 1 aromatic carbocycles. The molecule has 0 amide bonds. The topological polar surface area (TPSA) is 63.3 Å². The third-order valence-corrected chi connectivity index (χ3v) is 2.76. The van der Waals surface area contributed by atoms with Gasteiger partial charge in [-0.15, -0.1) is 0 Å². The zero-order valence-electron chi connectivity index (χ0n) is 8.89. The number of nitrogens with zero attached hydrogens (tertiary/aromatic N) is 1. The molecule has 1 heterocycles. The summed E-state index contributed by atoms with van der Waals surface area (Å²) in [6.07, 6.45) is 1.98. The molecule has 0 aliphatic carbocycles. The second-order valence-electron chi connectivity index (χ2n) is 3.53. The first-order valence-electron chi connectivity index (χ1n) is 5.07. The van der Waals surface area contributed by atoms with E-state index in [1.807, 2.05) is 24.3 Å². The van der Waals surface area contributed by atoms with E-state index in [0.717, 1.165) is 10.0 Å². The number of halogens is 1. The first-order chi connectivity index (χ1) is 8.15. The van der Waals surface area contributed by atoms with Gasteiger partial charge in [-0.1, -0.05) is 15.9 Å². The van der Waals surface area contributed by atoms with Crippen LogP contribution in [0.15, 0.2) is 39.4 Å². The summed E-state index contributed by atoms with van der Waals surface area (Å²) < 4.78 is 6.46. The molecule has 88 valence electrons. The van der Waals surface area contributed by atoms with Crippen molar-refractivity contribution in [3.63, 3.8) is 0 Å². The first-order valence-corrected chi connectivity index (χ1v) is 5.87. The third-order valence-electron chi connectivity index (χ3n) is 2.23. The average molecular weight is 296 g/mol. The number of rotatable bonds is 4. The van der Waals surface area contributed by atoms with Crippen molar-refractivity contribution >= 4 is 21.9 Å². The summed E-state index contributed by atoms with van der Waals surface area (Å²) in [5.41, 5.74) is 0.870. The molecule has 0 aliphatic heterocycles. The van der Waals surface area contributed by atoms with Crippen LogP contribution in [0.4, 0.5) is 0 Å². The molecular formula is C12H10BrNO3. The van der Waals surface area contributed by atoms with Crippen molar-refractivity contribution in [3.8, 4) is 11.5 Å². The first kappa shape index (κ1) is 11.9. The summed E-state index contributed by atoms with van der Waals surface area (Å²) in [4.78, 5) is 14.5. The quantitative estimate of drug-likeness (QED) is 0.941. The molecule has 0 radical (unpaired) electrons. The summed E-state index contributed by atoms with van der Waals surface area (Å²) in [6.45, 7) is 0. The summed E-state index contributed by atoms with van der Waals surface area (Å²) in [5, 5.41) is 8.56. The van der Waals surface area contributed by atoms with Gasteiger partial charge in [-0.25, -0.2) is 4.98 Å². The number of hydrogen-bond donors (Lipinski definition) is 1. The Morgan fingerprint density at radius 1 is 1.35 bits per heavy atom. The number of aromatic nitrogens is 1. The molecule has 0 aliphatic rings. The zero-order chi connectivity index (χ0) is 12.3. The van der Waals surface area contributed by atoms with Crippen LogP contribution in [0.2, 0.25) is 0 Å². The van der Waals surface area contributed by atoms with Crippen LogP contribution in [0.1, 0.15) is 12.2 Å². The van der Waals surface area contributed by atoms with Crippen LogP contribution < -0.4 is 0 Å². The number of hydrogen-bond acceptors (Lipinski definition) is 3. The number of aliphatic carboxylic acids is 1. The highest BCUT2D eigenvalue weighted by molar-refractivity contribution is 9.10. The summed E-state index contributed by atoms with van der Waals surface area (Å²) in [7, 11) is 0. The van der Waals surface area contributed by atoms with E-state index >= 15 is 0 Å². The molecule has 0 unspecified atom stereocenters. The number of carboxylic acids is 1. The molecule has 0 saturated heterocycles. The van der Waals surface area contributed by atoms with E-state index in [4.69, 9.17) is 9.52 Å². The lowest BCUT2D eigenvalue weighted by atomic mass is 10.2. The van der Waals surface area contributed by atoms with Gasteiger partial charge in [0.05, 0.1) is 12.6 Å². The maximum absolute atomic E-state index is 10.4. The maximum Gasteiger partial charge on any atom is 0.303 e. The highest BCUT2D eigenvalue weighted by atomic mass is 79.9. The minimum Gasteiger partial charge on any atom is -0.481 e. The van der Waals surface area contributed by atoms with Crippen molar-refractivity contribution in [2.75, 3.05) is 0 Å². The standard InChI is InChI=1S/C12H10BrNO3/c13-9-3-1-8(2-4-9)12-14-7-10(17-12)5-6-11(15)16/h1-4,7H,5-6H2,(H,15,16). The fourth-order valence-electron chi connectivity index (χ4n) is 1.38. The van der Waals surface area contributed by atoms with E-state index in [2.05, 4.69) is 20.9 Å². The van der Waals surface area contributed by atoms with E-state index in [-0.39, 0.29) is 6.42 Å². The summed E-state index contributed by atoms with van der Waals surface area (Å²) in [5.74, 6) is 0.259. The predicted octanol–water partition coefficient (Wildman–Crippen LogP) is 3.12. The molecule has 5 heteroatoms. The van der Waals surface area contributed by atoms with Gasteiger partial charge >= 0.3 is 5.97 Å². The third kappa shape index (κ3) is 3.17. The Hall–Kier alpha value is -1.62. The van der Waals surface area contributed by atoms with Gasteiger partial charge in [0.25, 0.3) is 0 Å². The van der Waals surface area contributed by atoms with Crippen LogP contribution in [-0.4, -0.2) is 16.1 Å². The molecular weight excluding hydrogens is 286 g/mol. The number of benzene rings is 1. The highest BCUT2D eigenvalue weighted by Gasteiger charge is 2.07. The molecule has 1 aromatic heterocycles. The fraction of sp³-hybridized carbons (Fsp3) is 0.167. The zero-order valence-corrected chi connectivity index (χ0v) is 10.5. The molecule has 2 aromatic rings. The van der Waals surface area contributed by atoms with Crippen molar-refractivity contribution < 1.29 is 14.3 Å². The smallest absolute Gasteiger partial charge is 0.303 e. The number of oxazole rings is 1. The van der Waals surface area contributed by atoms with Crippen LogP contribution in [0.25, 0.3) is 11.5 Å². The van der Waals surface area contributed by atoms with Gasteiger partial charge in [-0.2, -0.15) is 0 Å². The average Bonchev–Trinajstić information content (AvgIpc) is 2.76. The van der Waals surface area contributed by atoms with Gasteiger partial charge in [-0.05, 0) is 24.3 Å². The van der Waals surface area contributed by atoms with Crippen LogP contribution in [0.3, 0.4) is 0 Å². The molecule has 0 bridgehead atoms. The summed E-state index contributed by atoms with van der Waals surface area (Å²) in [6, 6.07) is 7.57. The minimum absolute atomic E-state index is 0.0506. The van der Waals surface area contributed by atoms with Crippen molar-refractivity contribution in [2.24, 2.45) is 0 Å². The Bertz CT molecular complexity index is 519. The lowest BCUT2D eigenvalue weighted by Crippen LogP contribution is -1.96. The minimum atomic E-state index is -0.841. The van der Waals surface area contributed by atoms with Gasteiger partial charge in [0.2, 0.25) is 5.89 Å². The highest BCUT2D eigenvalue weighted by Crippen LogP contribution is 2.21. The van der Waals surface area contributed by atoms with E-state index in [1.54, 1.807) is 6.20 Å². The Balaban J connectivity index is 2.12. The number of carboxylic acid groups (broad SMARTS) is 1. The largest absolute Gasteiger partial charge is 0.481 e. The number of carbonyl (C=O) groups is 1. The summed E-state index contributed by atoms with van der Waals surface area (Å²) >= 11 is 3.35. The van der Waals surface area contributed by atoms with Gasteiger partial charge in [-0.3, -0.25) is 4.79 Å². The Kier molecular flexibility index (Phi) is 3.58. The Labute approximate surface area is 106 Å². The van der Waals surface area contributed by atoms with Crippen molar-refractivity contribution in [3.05, 3.63) is 40.7 Å². The molecule has 0 spiro atoms. The SMILES string of the molecule is O=C(O)CCc1cnc(-c2ccc(Br)cc2)o1. The molecule has 2 rings (SSSR count). The normalized spacial score (nSPS) is 10.4. The van der Waals surface area contributed by atoms with Gasteiger partial charge in [0.15, 0.2) is 0 Å². The van der Waals surface area contributed by atoms with E-state index in [9.17, 15) is 4.79 Å². The molecule has 0 fully saturated rings. The molecule has 4 nitrogen and oxygen atoms in total. The Morgan fingerprint density at radius 2 is 2.06 bits per heavy atom. The van der Waals surface area contributed by atoms with Crippen LogP contribution in [0.5, 0.6) is 0 Å². The monoisotopic (exact) mass is 295 g/mol. The maximum atomic E-state index is 10.4. The second kappa shape index (κ2) is 5.14. The van der Waals surface area contributed by atoms with E-state index in [1.165, 1.54) is 0 Å². The lowest BCUT2D eigenvalue weighted by Gasteiger charge is -1.95. The molecule has 0 saturated carbocycles. The van der Waals surface area contributed by atoms with Gasteiger partial charge in [0, 0.05) is 16.5 Å². The van der Waals surface area contributed by atoms with Crippen LogP contribution in [-0.2, 0) is 11.2 Å². The van der Waals surface area contributed by atoms with Crippen LogP contribution in [0, 0.1) is 0 Å². The van der Waals surface area contributed by atoms with Crippen molar-refractivity contribution in [1.29, 1.82) is 0 Å². The van der Waals surface area contributed by atoms with Crippen molar-refractivity contribution in [1.82, 2.24) is 4.98 Å². The van der Waals surface area contributed by atoms with E-state index in [0.29, 0.717) is 18.1 Å². The van der Waals surface area contributed by atoms with E-state index < -0.39 is 5.97 Å².